The molecular weight excluding hydrogens is 262 g/mol. The molecule has 1 amide bonds. The van der Waals surface area contributed by atoms with E-state index in [1.165, 1.54) is 4.90 Å². The van der Waals surface area contributed by atoms with Gasteiger partial charge in [0.05, 0.1) is 6.54 Å². The molecule has 0 N–H and O–H groups in total. The van der Waals surface area contributed by atoms with E-state index in [2.05, 4.69) is 11.8 Å². The number of halogens is 2. The maximum Gasteiger partial charge on any atom is 0.269 e. The van der Waals surface area contributed by atoms with E-state index >= 15 is 0 Å². The number of nitrogens with zero attached hydrogens (tertiary/aromatic N) is 2. The second kappa shape index (κ2) is 6.37. The van der Waals surface area contributed by atoms with Crippen molar-refractivity contribution in [1.82, 2.24) is 9.80 Å². The Labute approximate surface area is 120 Å². The highest BCUT2D eigenvalue weighted by atomic mass is 19.3. The average molecular weight is 288 g/mol. The van der Waals surface area contributed by atoms with Gasteiger partial charge < -0.3 is 9.80 Å². The number of hydrogen-bond acceptors (Lipinski definition) is 2. The molecule has 2 rings (SSSR count). The molecule has 0 radical (unpaired) electrons. The van der Waals surface area contributed by atoms with E-state index in [1.807, 2.05) is 0 Å². The van der Waals surface area contributed by atoms with E-state index in [9.17, 15) is 13.6 Å². The quantitative estimate of drug-likeness (QED) is 0.797. The van der Waals surface area contributed by atoms with Gasteiger partial charge in [-0.25, -0.2) is 8.78 Å². The highest BCUT2D eigenvalue weighted by Gasteiger charge is 2.46. The first-order valence-corrected chi connectivity index (χ1v) is 7.80. The average Bonchev–Trinajstić information content (AvgIpc) is 2.42. The van der Waals surface area contributed by atoms with Crippen LogP contribution in [0.25, 0.3) is 0 Å². The van der Waals surface area contributed by atoms with Crippen molar-refractivity contribution in [3.05, 3.63) is 0 Å². The van der Waals surface area contributed by atoms with E-state index < -0.39 is 18.4 Å². The molecule has 2 saturated heterocycles. The summed E-state index contributed by atoms with van der Waals surface area (Å²) in [7, 11) is 0. The summed E-state index contributed by atoms with van der Waals surface area (Å²) in [6.45, 7) is 6.39. The Bertz CT molecular complexity index is 341. The topological polar surface area (TPSA) is 23.6 Å². The Morgan fingerprint density at radius 1 is 1.20 bits per heavy atom. The van der Waals surface area contributed by atoms with Gasteiger partial charge in [-0.2, -0.15) is 0 Å². The van der Waals surface area contributed by atoms with E-state index in [4.69, 9.17) is 0 Å². The van der Waals surface area contributed by atoms with Gasteiger partial charge in [-0.1, -0.05) is 13.8 Å². The van der Waals surface area contributed by atoms with E-state index in [-0.39, 0.29) is 5.91 Å². The van der Waals surface area contributed by atoms with Gasteiger partial charge in [-0.05, 0) is 38.3 Å². The van der Waals surface area contributed by atoms with Gasteiger partial charge in [0.1, 0.15) is 0 Å². The lowest BCUT2D eigenvalue weighted by molar-refractivity contribution is -0.152. The van der Waals surface area contributed by atoms with Gasteiger partial charge in [0.2, 0.25) is 5.91 Å². The van der Waals surface area contributed by atoms with Crippen LogP contribution in [0, 0.1) is 11.8 Å². The van der Waals surface area contributed by atoms with E-state index in [0.29, 0.717) is 25.9 Å². The molecule has 5 heteroatoms. The normalized spacial score (nSPS) is 28.6. The maximum atomic E-state index is 14.2. The molecule has 2 aliphatic heterocycles. The smallest absolute Gasteiger partial charge is 0.269 e. The summed E-state index contributed by atoms with van der Waals surface area (Å²) < 4.78 is 28.5. The number of hydrogen-bond donors (Lipinski definition) is 0. The van der Waals surface area contributed by atoms with Gasteiger partial charge in [0, 0.05) is 25.4 Å². The molecule has 0 bridgehead atoms. The number of amides is 1. The van der Waals surface area contributed by atoms with E-state index in [1.54, 1.807) is 6.92 Å². The molecule has 1 atom stereocenters. The number of alkyl halides is 2. The third-order valence-electron chi connectivity index (χ3n) is 4.76. The molecule has 2 aliphatic rings. The zero-order valence-corrected chi connectivity index (χ0v) is 12.6. The van der Waals surface area contributed by atoms with Crippen LogP contribution in [0.3, 0.4) is 0 Å². The summed E-state index contributed by atoms with van der Waals surface area (Å²) >= 11 is 0. The molecule has 1 unspecified atom stereocenters. The number of piperidine rings is 2. The predicted molar refractivity (Wildman–Crippen MR) is 74.8 cm³/mol. The fourth-order valence-corrected chi connectivity index (χ4v) is 3.20. The molecule has 0 spiro atoms. The Kier molecular flexibility index (Phi) is 4.99. The minimum Gasteiger partial charge on any atom is -0.337 e. The third kappa shape index (κ3) is 3.68. The minimum atomic E-state index is -2.74. The molecule has 2 heterocycles. The first kappa shape index (κ1) is 15.7. The monoisotopic (exact) mass is 288 g/mol. The Morgan fingerprint density at radius 2 is 1.85 bits per heavy atom. The largest absolute Gasteiger partial charge is 0.337 e. The number of likely N-dealkylation sites (tertiary alicyclic amines) is 2. The molecule has 2 fully saturated rings. The lowest BCUT2D eigenvalue weighted by Crippen LogP contribution is -2.54. The van der Waals surface area contributed by atoms with Crippen molar-refractivity contribution in [2.75, 3.05) is 32.7 Å². The van der Waals surface area contributed by atoms with Crippen LogP contribution in [0.5, 0.6) is 0 Å². The third-order valence-corrected chi connectivity index (χ3v) is 4.76. The molecule has 0 aromatic rings. The maximum absolute atomic E-state index is 14.2. The number of carbonyl (C=O) groups excluding carboxylic acids is 1. The van der Waals surface area contributed by atoms with Gasteiger partial charge >= 0.3 is 0 Å². The first-order chi connectivity index (χ1) is 9.42. The van der Waals surface area contributed by atoms with Crippen LogP contribution >= 0.6 is 0 Å². The van der Waals surface area contributed by atoms with Crippen LogP contribution in [0.15, 0.2) is 0 Å². The summed E-state index contributed by atoms with van der Waals surface area (Å²) in [5, 5.41) is 0. The standard InChI is InChI=1S/C15H26F2N2O/c1-3-14(20)19-9-6-13(15(16,17)11-19)10-18-7-4-12(2)5-8-18/h12-13H,3-11H2,1-2H3. The lowest BCUT2D eigenvalue weighted by atomic mass is 9.90. The van der Waals surface area contributed by atoms with Crippen LogP contribution in [0.2, 0.25) is 0 Å². The van der Waals surface area contributed by atoms with Crippen LogP contribution < -0.4 is 0 Å². The van der Waals surface area contributed by atoms with Crippen molar-refractivity contribution in [2.24, 2.45) is 11.8 Å². The van der Waals surface area contributed by atoms with Crippen molar-refractivity contribution in [2.45, 2.75) is 45.5 Å². The van der Waals surface area contributed by atoms with Crippen molar-refractivity contribution >= 4 is 5.91 Å². The summed E-state index contributed by atoms with van der Waals surface area (Å²) in [5.74, 6) is -2.78. The van der Waals surface area contributed by atoms with E-state index in [0.717, 1.165) is 31.8 Å². The molecule has 116 valence electrons. The van der Waals surface area contributed by atoms with Crippen molar-refractivity contribution < 1.29 is 13.6 Å². The molecule has 3 nitrogen and oxygen atoms in total. The molecule has 20 heavy (non-hydrogen) atoms. The predicted octanol–water partition coefficient (Wildman–Crippen LogP) is 2.61. The second-order valence-corrected chi connectivity index (χ2v) is 6.40. The summed E-state index contributed by atoms with van der Waals surface area (Å²) in [4.78, 5) is 15.1. The SMILES string of the molecule is CCC(=O)N1CCC(CN2CCC(C)CC2)C(F)(F)C1. The second-order valence-electron chi connectivity index (χ2n) is 6.40. The zero-order chi connectivity index (χ0) is 14.8. The Balaban J connectivity index is 1.88. The van der Waals surface area contributed by atoms with Gasteiger partial charge in [-0.15, -0.1) is 0 Å². The highest BCUT2D eigenvalue weighted by Crippen LogP contribution is 2.34. The molecule has 0 aromatic heterocycles. The summed E-state index contributed by atoms with van der Waals surface area (Å²) in [6.07, 6.45) is 2.95. The Morgan fingerprint density at radius 3 is 2.40 bits per heavy atom. The summed E-state index contributed by atoms with van der Waals surface area (Å²) in [5.41, 5.74) is 0. The van der Waals surface area contributed by atoms with Crippen LogP contribution in [-0.4, -0.2) is 54.4 Å². The zero-order valence-electron chi connectivity index (χ0n) is 12.6. The van der Waals surface area contributed by atoms with Gasteiger partial charge in [0.25, 0.3) is 5.92 Å². The minimum absolute atomic E-state index is 0.157. The molecule has 0 saturated carbocycles. The fraction of sp³-hybridized carbons (Fsp3) is 0.933. The fourth-order valence-electron chi connectivity index (χ4n) is 3.20. The molecule has 0 aromatic carbocycles. The Hall–Kier alpha value is -0.710. The van der Waals surface area contributed by atoms with Crippen LogP contribution in [0.4, 0.5) is 8.78 Å². The van der Waals surface area contributed by atoms with Gasteiger partial charge in [-0.3, -0.25) is 4.79 Å². The number of carbonyl (C=O) groups is 1. The first-order valence-electron chi connectivity index (χ1n) is 7.80. The van der Waals surface area contributed by atoms with Gasteiger partial charge in [0.15, 0.2) is 0 Å². The summed E-state index contributed by atoms with van der Waals surface area (Å²) in [6, 6.07) is 0. The lowest BCUT2D eigenvalue weighted by Gasteiger charge is -2.41. The highest BCUT2D eigenvalue weighted by molar-refractivity contribution is 5.76. The van der Waals surface area contributed by atoms with Crippen LogP contribution in [0.1, 0.15) is 39.5 Å². The van der Waals surface area contributed by atoms with Crippen molar-refractivity contribution in [3.8, 4) is 0 Å². The molecule has 0 aliphatic carbocycles. The van der Waals surface area contributed by atoms with Crippen molar-refractivity contribution in [1.29, 1.82) is 0 Å². The molecular formula is C15H26F2N2O. The van der Waals surface area contributed by atoms with Crippen molar-refractivity contribution in [3.63, 3.8) is 0 Å². The van der Waals surface area contributed by atoms with Crippen LogP contribution in [-0.2, 0) is 4.79 Å². The number of rotatable bonds is 3.